The molecule has 2 fully saturated rings. The zero-order chi connectivity index (χ0) is 16.0. The summed E-state index contributed by atoms with van der Waals surface area (Å²) in [6.07, 6.45) is 21.5. The molecule has 2 aliphatic rings. The lowest BCUT2D eigenvalue weighted by atomic mass is 10.0. The standard InChI is InChI=1S/C16H32N2.C2H2N2O/c1-2-5-9-13-16(12-8-4-1)18-15-11-7-3-6-10-14-17-18;1-2-5-4-3-1/h16-17H,1-15H2;1-2H. The fraction of sp³-hybridized carbons (Fsp3) is 0.889. The number of nitrogens with zero attached hydrogens (tertiary/aromatic N) is 3. The first-order chi connectivity index (χ1) is 11.5. The molecule has 5 heteroatoms. The third kappa shape index (κ3) is 8.47. The van der Waals surface area contributed by atoms with E-state index in [2.05, 4.69) is 25.3 Å². The summed E-state index contributed by atoms with van der Waals surface area (Å²) in [7, 11) is 0. The molecule has 0 unspecified atom stereocenters. The van der Waals surface area contributed by atoms with Gasteiger partial charge in [0.2, 0.25) is 0 Å². The zero-order valence-corrected chi connectivity index (χ0v) is 14.6. The Labute approximate surface area is 141 Å². The third-order valence-electron chi connectivity index (χ3n) is 4.94. The molecular weight excluding hydrogens is 288 g/mol. The highest BCUT2D eigenvalue weighted by atomic mass is 16.5. The van der Waals surface area contributed by atoms with Gasteiger partial charge in [0.05, 0.1) is 6.20 Å². The highest BCUT2D eigenvalue weighted by Gasteiger charge is 2.18. The first kappa shape index (κ1) is 18.4. The summed E-state index contributed by atoms with van der Waals surface area (Å²) in [6.45, 7) is 2.49. The van der Waals surface area contributed by atoms with Crippen molar-refractivity contribution in [3.05, 3.63) is 12.5 Å². The molecule has 1 aromatic rings. The maximum Gasteiger partial charge on any atom is 0.144 e. The van der Waals surface area contributed by atoms with Crippen LogP contribution < -0.4 is 5.43 Å². The molecule has 0 aromatic carbocycles. The van der Waals surface area contributed by atoms with Gasteiger partial charge >= 0.3 is 0 Å². The fourth-order valence-corrected chi connectivity index (χ4v) is 3.61. The van der Waals surface area contributed by atoms with Crippen molar-refractivity contribution in [2.24, 2.45) is 0 Å². The molecular formula is C18H34N4O. The second-order valence-electron chi connectivity index (χ2n) is 6.81. The molecule has 0 bridgehead atoms. The van der Waals surface area contributed by atoms with Crippen LogP contribution in [-0.4, -0.2) is 34.5 Å². The molecule has 1 saturated heterocycles. The molecule has 23 heavy (non-hydrogen) atoms. The van der Waals surface area contributed by atoms with Gasteiger partial charge in [-0.1, -0.05) is 57.8 Å². The summed E-state index contributed by atoms with van der Waals surface area (Å²) in [5.41, 5.74) is 3.73. The maximum absolute atomic E-state index is 4.22. The van der Waals surface area contributed by atoms with E-state index in [9.17, 15) is 0 Å². The number of hydrazine groups is 1. The van der Waals surface area contributed by atoms with Crippen molar-refractivity contribution in [3.8, 4) is 0 Å². The van der Waals surface area contributed by atoms with E-state index in [0.29, 0.717) is 0 Å². The Morgan fingerprint density at radius 1 is 0.826 bits per heavy atom. The topological polar surface area (TPSA) is 54.2 Å². The smallest absolute Gasteiger partial charge is 0.144 e. The van der Waals surface area contributed by atoms with Gasteiger partial charge in [-0.05, 0) is 25.7 Å². The van der Waals surface area contributed by atoms with Gasteiger partial charge in [0.15, 0.2) is 0 Å². The van der Waals surface area contributed by atoms with Crippen molar-refractivity contribution in [3.63, 3.8) is 0 Å². The number of nitrogens with one attached hydrogen (secondary N) is 1. The lowest BCUT2D eigenvalue weighted by Crippen LogP contribution is -2.46. The molecule has 1 N–H and O–H groups in total. The maximum atomic E-state index is 4.22. The Morgan fingerprint density at radius 2 is 1.48 bits per heavy atom. The molecule has 1 saturated carbocycles. The SMILES string of the molecule is C1CCCCC(N2CCCCCCCN2)CCC1.c1conn1. The van der Waals surface area contributed by atoms with Gasteiger partial charge in [-0.3, -0.25) is 5.43 Å². The van der Waals surface area contributed by atoms with E-state index in [4.69, 9.17) is 0 Å². The highest BCUT2D eigenvalue weighted by molar-refractivity contribution is 4.72. The summed E-state index contributed by atoms with van der Waals surface area (Å²) in [5, 5.41) is 9.02. The minimum Gasteiger partial charge on any atom is -0.346 e. The molecule has 1 aromatic heterocycles. The second kappa shape index (κ2) is 12.5. The van der Waals surface area contributed by atoms with Crippen LogP contribution >= 0.6 is 0 Å². The van der Waals surface area contributed by atoms with E-state index < -0.39 is 0 Å². The van der Waals surface area contributed by atoms with Gasteiger partial charge in [0, 0.05) is 24.4 Å². The van der Waals surface area contributed by atoms with E-state index in [1.165, 1.54) is 109 Å². The average Bonchev–Trinajstić information content (AvgIpc) is 3.19. The minimum atomic E-state index is 0.821. The van der Waals surface area contributed by atoms with Crippen LogP contribution in [0.2, 0.25) is 0 Å². The van der Waals surface area contributed by atoms with E-state index in [1.54, 1.807) is 0 Å². The monoisotopic (exact) mass is 322 g/mol. The summed E-state index contributed by atoms with van der Waals surface area (Å²) in [4.78, 5) is 0. The number of aromatic nitrogens is 2. The second-order valence-corrected chi connectivity index (χ2v) is 6.81. The van der Waals surface area contributed by atoms with Crippen molar-refractivity contribution >= 4 is 0 Å². The van der Waals surface area contributed by atoms with Crippen LogP contribution in [0.25, 0.3) is 0 Å². The van der Waals surface area contributed by atoms with Crippen molar-refractivity contribution < 1.29 is 4.52 Å². The number of hydrogen-bond acceptors (Lipinski definition) is 5. The van der Waals surface area contributed by atoms with Crippen LogP contribution in [0.1, 0.15) is 83.5 Å². The van der Waals surface area contributed by atoms with Gasteiger partial charge in [-0.25, -0.2) is 5.01 Å². The van der Waals surface area contributed by atoms with Gasteiger partial charge < -0.3 is 4.52 Å². The first-order valence-corrected chi connectivity index (χ1v) is 9.68. The molecule has 132 valence electrons. The van der Waals surface area contributed by atoms with Crippen molar-refractivity contribution in [1.82, 2.24) is 20.8 Å². The minimum absolute atomic E-state index is 0.821. The molecule has 0 spiro atoms. The quantitative estimate of drug-likeness (QED) is 0.834. The normalized spacial score (nSPS) is 23.1. The Morgan fingerprint density at radius 3 is 2.09 bits per heavy atom. The predicted octanol–water partition coefficient (Wildman–Crippen LogP) is 4.33. The largest absolute Gasteiger partial charge is 0.346 e. The van der Waals surface area contributed by atoms with E-state index >= 15 is 0 Å². The van der Waals surface area contributed by atoms with Crippen LogP contribution in [0, 0.1) is 0 Å². The first-order valence-electron chi connectivity index (χ1n) is 9.68. The lowest BCUT2D eigenvalue weighted by Gasteiger charge is -2.32. The molecule has 3 rings (SSSR count). The van der Waals surface area contributed by atoms with Crippen LogP contribution in [-0.2, 0) is 0 Å². The highest BCUT2D eigenvalue weighted by Crippen LogP contribution is 2.21. The Bertz CT molecular complexity index is 299. The Hall–Kier alpha value is -0.940. The van der Waals surface area contributed by atoms with Crippen LogP contribution in [0.4, 0.5) is 0 Å². The molecule has 0 radical (unpaired) electrons. The Balaban J connectivity index is 0.000000326. The van der Waals surface area contributed by atoms with E-state index in [0.717, 1.165) is 6.04 Å². The molecule has 1 aliphatic heterocycles. The molecule has 2 heterocycles. The van der Waals surface area contributed by atoms with Gasteiger partial charge in [-0.15, -0.1) is 5.10 Å². The van der Waals surface area contributed by atoms with Gasteiger partial charge in [-0.2, -0.15) is 0 Å². The van der Waals surface area contributed by atoms with Crippen molar-refractivity contribution in [2.75, 3.05) is 13.1 Å². The lowest BCUT2D eigenvalue weighted by molar-refractivity contribution is 0.107. The number of rotatable bonds is 1. The zero-order valence-electron chi connectivity index (χ0n) is 14.6. The summed E-state index contributed by atoms with van der Waals surface area (Å²) in [6, 6.07) is 0.821. The third-order valence-corrected chi connectivity index (χ3v) is 4.94. The van der Waals surface area contributed by atoms with Crippen LogP contribution in [0.3, 0.4) is 0 Å². The van der Waals surface area contributed by atoms with Gasteiger partial charge in [0.25, 0.3) is 0 Å². The number of hydrogen-bond donors (Lipinski definition) is 1. The van der Waals surface area contributed by atoms with E-state index in [1.807, 2.05) is 0 Å². The predicted molar refractivity (Wildman–Crippen MR) is 92.8 cm³/mol. The van der Waals surface area contributed by atoms with Crippen LogP contribution in [0.5, 0.6) is 0 Å². The van der Waals surface area contributed by atoms with Crippen LogP contribution in [0.15, 0.2) is 17.0 Å². The van der Waals surface area contributed by atoms with Crippen molar-refractivity contribution in [1.29, 1.82) is 0 Å². The van der Waals surface area contributed by atoms with Gasteiger partial charge in [0.1, 0.15) is 6.26 Å². The molecule has 5 nitrogen and oxygen atoms in total. The summed E-state index contributed by atoms with van der Waals surface area (Å²) >= 11 is 0. The summed E-state index contributed by atoms with van der Waals surface area (Å²) in [5.74, 6) is 0. The Kier molecular flexibility index (Phi) is 9.98. The molecule has 1 aliphatic carbocycles. The fourth-order valence-electron chi connectivity index (χ4n) is 3.61. The summed E-state index contributed by atoms with van der Waals surface area (Å²) < 4.78 is 4.22. The molecule has 0 atom stereocenters. The molecule has 0 amide bonds. The van der Waals surface area contributed by atoms with E-state index in [-0.39, 0.29) is 0 Å². The average molecular weight is 322 g/mol. The van der Waals surface area contributed by atoms with Crippen molar-refractivity contribution in [2.45, 2.75) is 89.5 Å².